The van der Waals surface area contributed by atoms with Gasteiger partial charge in [0.15, 0.2) is 5.84 Å². The lowest BCUT2D eigenvalue weighted by atomic mass is 10.1. The van der Waals surface area contributed by atoms with Crippen molar-refractivity contribution < 1.29 is 9.53 Å². The standard InChI is InChI=1S/C22H22ClN5O2S/c1-5-6-19-26-28-20(24)16(21(29)25-22(28)31-19)10-14-9-12(2)27(13(14)3)15-7-8-18(30-4)17(23)11-15/h7-11,24H,5-6H2,1-4H3. The minimum absolute atomic E-state index is 0.0471. The number of carbonyl (C=O) groups excluding carboxylic acids is 1. The number of nitrogens with one attached hydrogen (secondary N) is 1. The lowest BCUT2D eigenvalue weighted by Gasteiger charge is -2.20. The van der Waals surface area contributed by atoms with E-state index in [4.69, 9.17) is 21.7 Å². The Morgan fingerprint density at radius 3 is 2.74 bits per heavy atom. The Balaban J connectivity index is 1.72. The Kier molecular flexibility index (Phi) is 5.77. The van der Waals surface area contributed by atoms with Crippen molar-refractivity contribution in [1.29, 1.82) is 5.41 Å². The van der Waals surface area contributed by atoms with Crippen molar-refractivity contribution in [3.8, 4) is 11.4 Å². The lowest BCUT2D eigenvalue weighted by Crippen LogP contribution is -2.35. The first-order chi connectivity index (χ1) is 14.8. The third-order valence-electron chi connectivity index (χ3n) is 5.12. The molecule has 0 bridgehead atoms. The molecule has 1 aromatic heterocycles. The maximum atomic E-state index is 12.7. The molecule has 7 nitrogen and oxygen atoms in total. The zero-order valence-corrected chi connectivity index (χ0v) is 19.3. The van der Waals surface area contributed by atoms with Gasteiger partial charge in [-0.15, -0.1) is 0 Å². The number of aromatic nitrogens is 1. The van der Waals surface area contributed by atoms with Gasteiger partial charge in [-0.05, 0) is 74.4 Å². The summed E-state index contributed by atoms with van der Waals surface area (Å²) < 4.78 is 7.29. The number of nitrogens with zero attached hydrogens (tertiary/aromatic N) is 4. The summed E-state index contributed by atoms with van der Waals surface area (Å²) in [5.41, 5.74) is 3.84. The Hall–Kier alpha value is -2.84. The summed E-state index contributed by atoms with van der Waals surface area (Å²) in [6.07, 6.45) is 3.46. The summed E-state index contributed by atoms with van der Waals surface area (Å²) in [6, 6.07) is 7.57. The first-order valence-electron chi connectivity index (χ1n) is 9.86. The monoisotopic (exact) mass is 455 g/mol. The van der Waals surface area contributed by atoms with Crippen LogP contribution < -0.4 is 4.74 Å². The molecule has 2 aliphatic heterocycles. The number of thioether (sulfide) groups is 1. The number of amides is 1. The predicted molar refractivity (Wildman–Crippen MR) is 127 cm³/mol. The van der Waals surface area contributed by atoms with Gasteiger partial charge in [-0.2, -0.15) is 15.1 Å². The molecule has 4 rings (SSSR count). The minimum Gasteiger partial charge on any atom is -0.495 e. The highest BCUT2D eigenvalue weighted by Crippen LogP contribution is 2.32. The number of amidine groups is 2. The maximum Gasteiger partial charge on any atom is 0.283 e. The quantitative estimate of drug-likeness (QED) is 0.630. The van der Waals surface area contributed by atoms with Crippen LogP contribution in [-0.4, -0.2) is 38.6 Å². The lowest BCUT2D eigenvalue weighted by molar-refractivity contribution is -0.114. The van der Waals surface area contributed by atoms with E-state index in [1.54, 1.807) is 13.2 Å². The molecule has 0 unspecified atom stereocenters. The van der Waals surface area contributed by atoms with Gasteiger partial charge < -0.3 is 9.30 Å². The minimum atomic E-state index is -0.422. The number of hydrazone groups is 1. The Labute approximate surface area is 189 Å². The molecule has 2 aliphatic rings. The topological polar surface area (TPSA) is 83.0 Å². The van der Waals surface area contributed by atoms with Gasteiger partial charge in [0.2, 0.25) is 5.17 Å². The van der Waals surface area contributed by atoms with Crippen molar-refractivity contribution in [2.24, 2.45) is 10.1 Å². The second kappa shape index (κ2) is 8.36. The van der Waals surface area contributed by atoms with Crippen molar-refractivity contribution in [3.05, 3.63) is 51.8 Å². The number of ether oxygens (including phenoxy) is 1. The zero-order valence-electron chi connectivity index (χ0n) is 17.7. The molecule has 1 aromatic carbocycles. The van der Waals surface area contributed by atoms with E-state index in [9.17, 15) is 4.79 Å². The van der Waals surface area contributed by atoms with E-state index >= 15 is 0 Å². The molecule has 2 aromatic rings. The average Bonchev–Trinajstić information content (AvgIpc) is 3.25. The molecule has 0 atom stereocenters. The summed E-state index contributed by atoms with van der Waals surface area (Å²) >= 11 is 7.67. The number of hydrogen-bond acceptors (Lipinski definition) is 5. The van der Waals surface area contributed by atoms with Crippen molar-refractivity contribution in [3.63, 3.8) is 0 Å². The first-order valence-corrected chi connectivity index (χ1v) is 11.1. The van der Waals surface area contributed by atoms with Crippen LogP contribution in [0.4, 0.5) is 0 Å². The molecule has 1 N–H and O–H groups in total. The van der Waals surface area contributed by atoms with Crippen molar-refractivity contribution in [1.82, 2.24) is 9.58 Å². The van der Waals surface area contributed by atoms with Crippen LogP contribution in [0.2, 0.25) is 5.02 Å². The summed E-state index contributed by atoms with van der Waals surface area (Å²) in [5.74, 6) is 0.233. The van der Waals surface area contributed by atoms with E-state index in [0.717, 1.165) is 40.5 Å². The average molecular weight is 456 g/mol. The van der Waals surface area contributed by atoms with Crippen LogP contribution in [0.3, 0.4) is 0 Å². The van der Waals surface area contributed by atoms with Crippen LogP contribution in [0.5, 0.6) is 5.75 Å². The zero-order chi connectivity index (χ0) is 22.3. The molecule has 160 valence electrons. The molecule has 9 heteroatoms. The van der Waals surface area contributed by atoms with Crippen molar-refractivity contribution in [2.45, 2.75) is 33.6 Å². The van der Waals surface area contributed by atoms with Gasteiger partial charge in [-0.3, -0.25) is 10.2 Å². The smallest absolute Gasteiger partial charge is 0.283 e. The number of halogens is 1. The number of carbonyl (C=O) groups is 1. The summed E-state index contributed by atoms with van der Waals surface area (Å²) in [5, 5.41) is 16.3. The molecular weight excluding hydrogens is 434 g/mol. The fraction of sp³-hybridized carbons (Fsp3) is 0.273. The second-order valence-electron chi connectivity index (χ2n) is 7.24. The Morgan fingerprint density at radius 2 is 2.06 bits per heavy atom. The number of rotatable bonds is 5. The summed E-state index contributed by atoms with van der Waals surface area (Å²) in [7, 11) is 1.58. The number of aliphatic imine (C=N–C) groups is 1. The van der Waals surface area contributed by atoms with Crippen molar-refractivity contribution >= 4 is 51.4 Å². The number of hydrogen-bond donors (Lipinski definition) is 1. The van der Waals surface area contributed by atoms with E-state index < -0.39 is 5.91 Å². The molecule has 0 radical (unpaired) electrons. The molecular formula is C22H22ClN5O2S. The third kappa shape index (κ3) is 3.81. The Morgan fingerprint density at radius 1 is 1.29 bits per heavy atom. The second-order valence-corrected chi connectivity index (χ2v) is 8.69. The van der Waals surface area contributed by atoms with Gasteiger partial charge in [0.1, 0.15) is 10.8 Å². The highest BCUT2D eigenvalue weighted by molar-refractivity contribution is 8.26. The molecule has 31 heavy (non-hydrogen) atoms. The largest absolute Gasteiger partial charge is 0.495 e. The summed E-state index contributed by atoms with van der Waals surface area (Å²) in [6.45, 7) is 6.01. The van der Waals surface area contributed by atoms with E-state index in [-0.39, 0.29) is 11.4 Å². The van der Waals surface area contributed by atoms with Crippen LogP contribution in [-0.2, 0) is 4.79 Å². The fourth-order valence-electron chi connectivity index (χ4n) is 3.63. The molecule has 0 aliphatic carbocycles. The van der Waals surface area contributed by atoms with Crippen LogP contribution in [0, 0.1) is 19.3 Å². The van der Waals surface area contributed by atoms with Crippen LogP contribution in [0.1, 0.15) is 36.7 Å². The van der Waals surface area contributed by atoms with Crippen LogP contribution in [0.25, 0.3) is 11.8 Å². The van der Waals surface area contributed by atoms with Gasteiger partial charge in [0.05, 0.1) is 17.7 Å². The molecule has 3 heterocycles. The normalized spacial score (nSPS) is 17.2. The number of benzene rings is 1. The van der Waals surface area contributed by atoms with Gasteiger partial charge in [-0.25, -0.2) is 0 Å². The van der Waals surface area contributed by atoms with E-state index in [2.05, 4.69) is 17.0 Å². The first kappa shape index (κ1) is 21.4. The molecule has 0 fully saturated rings. The van der Waals surface area contributed by atoms with Crippen LogP contribution in [0.15, 0.2) is 39.9 Å². The molecule has 1 amide bonds. The van der Waals surface area contributed by atoms with E-state index in [1.807, 2.05) is 42.7 Å². The third-order valence-corrected chi connectivity index (χ3v) is 6.39. The molecule has 0 spiro atoms. The summed E-state index contributed by atoms with van der Waals surface area (Å²) in [4.78, 5) is 16.8. The highest BCUT2D eigenvalue weighted by Gasteiger charge is 2.35. The van der Waals surface area contributed by atoms with Gasteiger partial charge >= 0.3 is 0 Å². The van der Waals surface area contributed by atoms with Gasteiger partial charge in [0.25, 0.3) is 5.91 Å². The SMILES string of the molecule is CCCC1=NN2C(=N)C(=Cc3cc(C)n(-c4ccc(OC)c(Cl)c4)c3C)C(=O)N=C2S1. The maximum absolute atomic E-state index is 12.7. The number of aryl methyl sites for hydroxylation is 1. The number of methoxy groups -OCH3 is 1. The molecule has 0 saturated heterocycles. The Bertz CT molecular complexity index is 1190. The predicted octanol–water partition coefficient (Wildman–Crippen LogP) is 5.18. The fourth-order valence-corrected chi connectivity index (χ4v) is 4.87. The van der Waals surface area contributed by atoms with Gasteiger partial charge in [-0.1, -0.05) is 18.5 Å². The van der Waals surface area contributed by atoms with Crippen molar-refractivity contribution in [2.75, 3.05) is 7.11 Å². The van der Waals surface area contributed by atoms with Crippen LogP contribution >= 0.6 is 23.4 Å². The highest BCUT2D eigenvalue weighted by atomic mass is 35.5. The molecule has 0 saturated carbocycles. The van der Waals surface area contributed by atoms with E-state index in [0.29, 0.717) is 15.9 Å². The van der Waals surface area contributed by atoms with Gasteiger partial charge in [0, 0.05) is 17.1 Å². The number of fused-ring (bicyclic) bond motifs is 1. The van der Waals surface area contributed by atoms with E-state index in [1.165, 1.54) is 16.8 Å².